The molecule has 0 saturated carbocycles. The quantitative estimate of drug-likeness (QED) is 0.425. The minimum Gasteiger partial charge on any atom is -0.263 e. The summed E-state index contributed by atoms with van der Waals surface area (Å²) in [6, 6.07) is 9.64. The molecule has 0 aliphatic carbocycles. The van der Waals surface area contributed by atoms with Crippen LogP contribution in [-0.4, -0.2) is 10.6 Å². The Morgan fingerprint density at radius 1 is 1.42 bits per heavy atom. The molecule has 2 N–H and O–H groups in total. The van der Waals surface area contributed by atoms with E-state index in [2.05, 4.69) is 0 Å². The lowest BCUT2D eigenvalue weighted by Gasteiger charge is -2.17. The van der Waals surface area contributed by atoms with Gasteiger partial charge in [0.15, 0.2) is 4.32 Å². The topological polar surface area (TPSA) is 29.3 Å². The molecule has 4 heteroatoms. The van der Waals surface area contributed by atoms with Crippen LogP contribution in [0.3, 0.4) is 0 Å². The molecule has 0 fully saturated rings. The highest BCUT2D eigenvalue weighted by Crippen LogP contribution is 2.13. The lowest BCUT2D eigenvalue weighted by molar-refractivity contribution is 1.16. The fraction of sp³-hybridized carbons (Fsp3) is 0.125. The first-order chi connectivity index (χ1) is 5.75. The maximum absolute atomic E-state index is 5.72. The van der Waals surface area contributed by atoms with Crippen LogP contribution in [0.2, 0.25) is 0 Å². The molecule has 0 heterocycles. The highest BCUT2D eigenvalue weighted by Gasteiger charge is 2.04. The third-order valence-corrected chi connectivity index (χ3v) is 2.65. The summed E-state index contributed by atoms with van der Waals surface area (Å²) in [5.41, 5.74) is 0.914. The Kier molecular flexibility index (Phi) is 3.52. The van der Waals surface area contributed by atoms with E-state index < -0.39 is 0 Å². The standard InChI is InChI=1S/C8H10N2S2/c1-12-8(11)10(9)7-5-3-2-4-6-7/h2-6H,9H2,1H3. The van der Waals surface area contributed by atoms with Crippen LogP contribution >= 0.6 is 24.0 Å². The predicted octanol–water partition coefficient (Wildman–Crippen LogP) is 2.01. The van der Waals surface area contributed by atoms with Crippen molar-refractivity contribution in [2.24, 2.45) is 5.84 Å². The van der Waals surface area contributed by atoms with Crippen LogP contribution in [0.4, 0.5) is 5.69 Å². The first-order valence-corrected chi connectivity index (χ1v) is 5.07. The number of thioether (sulfide) groups is 1. The van der Waals surface area contributed by atoms with Crippen LogP contribution < -0.4 is 10.9 Å². The maximum Gasteiger partial charge on any atom is 0.154 e. The SMILES string of the molecule is CSC(=S)N(N)c1ccccc1. The van der Waals surface area contributed by atoms with E-state index in [0.29, 0.717) is 4.32 Å². The van der Waals surface area contributed by atoms with Gasteiger partial charge in [0.05, 0.1) is 5.69 Å². The summed E-state index contributed by atoms with van der Waals surface area (Å²) < 4.78 is 0.668. The number of benzene rings is 1. The molecule has 0 radical (unpaired) electrons. The van der Waals surface area contributed by atoms with Gasteiger partial charge in [-0.25, -0.2) is 5.84 Å². The van der Waals surface area contributed by atoms with E-state index in [1.54, 1.807) is 0 Å². The molecule has 0 aromatic heterocycles. The summed E-state index contributed by atoms with van der Waals surface area (Å²) >= 11 is 6.48. The molecule has 12 heavy (non-hydrogen) atoms. The van der Waals surface area contributed by atoms with E-state index in [-0.39, 0.29) is 0 Å². The van der Waals surface area contributed by atoms with Crippen molar-refractivity contribution in [3.63, 3.8) is 0 Å². The molecule has 0 spiro atoms. The first-order valence-electron chi connectivity index (χ1n) is 3.43. The van der Waals surface area contributed by atoms with Crippen molar-refractivity contribution in [2.45, 2.75) is 0 Å². The zero-order chi connectivity index (χ0) is 8.97. The second-order valence-electron chi connectivity index (χ2n) is 2.18. The van der Waals surface area contributed by atoms with Gasteiger partial charge in [-0.3, -0.25) is 5.01 Å². The van der Waals surface area contributed by atoms with E-state index in [9.17, 15) is 0 Å². The lowest BCUT2D eigenvalue weighted by Crippen LogP contribution is -2.33. The summed E-state index contributed by atoms with van der Waals surface area (Å²) in [5, 5.41) is 1.50. The Morgan fingerprint density at radius 2 is 2.00 bits per heavy atom. The van der Waals surface area contributed by atoms with Crippen LogP contribution in [0, 0.1) is 0 Å². The Hall–Kier alpha value is -0.580. The Morgan fingerprint density at radius 3 is 2.50 bits per heavy atom. The van der Waals surface area contributed by atoms with Crippen LogP contribution in [-0.2, 0) is 0 Å². The number of nitrogens with two attached hydrogens (primary N) is 1. The molecule has 0 unspecified atom stereocenters. The summed E-state index contributed by atoms with van der Waals surface area (Å²) in [7, 11) is 0. The van der Waals surface area contributed by atoms with Crippen molar-refractivity contribution in [3.05, 3.63) is 30.3 Å². The van der Waals surface area contributed by atoms with Gasteiger partial charge in [0.1, 0.15) is 0 Å². The largest absolute Gasteiger partial charge is 0.263 e. The number of hydrogen-bond acceptors (Lipinski definition) is 3. The van der Waals surface area contributed by atoms with Gasteiger partial charge in [0.25, 0.3) is 0 Å². The van der Waals surface area contributed by atoms with Gasteiger partial charge in [-0.2, -0.15) is 0 Å². The van der Waals surface area contributed by atoms with E-state index >= 15 is 0 Å². The number of hydrogen-bond donors (Lipinski definition) is 1. The normalized spacial score (nSPS) is 9.50. The highest BCUT2D eigenvalue weighted by molar-refractivity contribution is 8.22. The van der Waals surface area contributed by atoms with Crippen LogP contribution in [0.1, 0.15) is 0 Å². The molecule has 0 aliphatic heterocycles. The number of anilines is 1. The molecular weight excluding hydrogens is 188 g/mol. The van der Waals surface area contributed by atoms with Crippen molar-refractivity contribution < 1.29 is 0 Å². The minimum atomic E-state index is 0.668. The summed E-state index contributed by atoms with van der Waals surface area (Å²) in [6.07, 6.45) is 1.91. The predicted molar refractivity (Wildman–Crippen MR) is 59.2 cm³/mol. The third-order valence-electron chi connectivity index (χ3n) is 1.41. The average molecular weight is 198 g/mol. The zero-order valence-electron chi connectivity index (χ0n) is 6.73. The lowest BCUT2D eigenvalue weighted by atomic mass is 10.3. The van der Waals surface area contributed by atoms with Crippen molar-refractivity contribution in [1.29, 1.82) is 0 Å². The summed E-state index contributed by atoms with van der Waals surface area (Å²) in [5.74, 6) is 5.72. The van der Waals surface area contributed by atoms with Gasteiger partial charge in [-0.1, -0.05) is 42.2 Å². The zero-order valence-corrected chi connectivity index (χ0v) is 8.36. The number of para-hydroxylation sites is 1. The third kappa shape index (κ3) is 2.20. The van der Waals surface area contributed by atoms with Gasteiger partial charge in [-0.15, -0.1) is 0 Å². The fourth-order valence-electron chi connectivity index (χ4n) is 0.792. The molecule has 0 saturated heterocycles. The van der Waals surface area contributed by atoms with Gasteiger partial charge >= 0.3 is 0 Å². The maximum atomic E-state index is 5.72. The van der Waals surface area contributed by atoms with Crippen molar-refractivity contribution in [3.8, 4) is 0 Å². The van der Waals surface area contributed by atoms with E-state index in [1.807, 2.05) is 36.6 Å². The Labute approximate surface area is 81.7 Å². The fourth-order valence-corrected chi connectivity index (χ4v) is 1.20. The van der Waals surface area contributed by atoms with E-state index in [4.69, 9.17) is 18.1 Å². The summed E-state index contributed by atoms with van der Waals surface area (Å²) in [4.78, 5) is 0. The molecule has 0 bridgehead atoms. The highest BCUT2D eigenvalue weighted by atomic mass is 32.2. The van der Waals surface area contributed by atoms with E-state index in [1.165, 1.54) is 16.8 Å². The summed E-state index contributed by atoms with van der Waals surface area (Å²) in [6.45, 7) is 0. The molecular formula is C8H10N2S2. The van der Waals surface area contributed by atoms with Crippen LogP contribution in [0.15, 0.2) is 30.3 Å². The van der Waals surface area contributed by atoms with Crippen molar-refractivity contribution in [1.82, 2.24) is 0 Å². The second-order valence-corrected chi connectivity index (χ2v) is 3.62. The Bertz CT molecular complexity index is 261. The molecule has 0 atom stereocenters. The van der Waals surface area contributed by atoms with Gasteiger partial charge in [0, 0.05) is 0 Å². The second kappa shape index (κ2) is 4.45. The molecule has 1 aromatic carbocycles. The molecule has 1 rings (SSSR count). The monoisotopic (exact) mass is 198 g/mol. The van der Waals surface area contributed by atoms with Gasteiger partial charge in [0.2, 0.25) is 0 Å². The number of hydrazine groups is 1. The smallest absolute Gasteiger partial charge is 0.154 e. The van der Waals surface area contributed by atoms with Crippen LogP contribution in [0.25, 0.3) is 0 Å². The van der Waals surface area contributed by atoms with E-state index in [0.717, 1.165) is 5.69 Å². The van der Waals surface area contributed by atoms with Crippen LogP contribution in [0.5, 0.6) is 0 Å². The van der Waals surface area contributed by atoms with Crippen molar-refractivity contribution >= 4 is 34.0 Å². The molecule has 1 aromatic rings. The molecule has 0 amide bonds. The average Bonchev–Trinajstić information content (AvgIpc) is 2.17. The van der Waals surface area contributed by atoms with Gasteiger partial charge in [-0.05, 0) is 18.4 Å². The number of nitrogens with zero attached hydrogens (tertiary/aromatic N) is 1. The molecule has 2 nitrogen and oxygen atoms in total. The minimum absolute atomic E-state index is 0.668. The number of rotatable bonds is 1. The first kappa shape index (κ1) is 9.51. The molecule has 64 valence electrons. The van der Waals surface area contributed by atoms with Crippen molar-refractivity contribution in [2.75, 3.05) is 11.3 Å². The molecule has 0 aliphatic rings. The number of thiocarbonyl (C=S) groups is 1. The Balaban J connectivity index is 2.78. The van der Waals surface area contributed by atoms with Gasteiger partial charge < -0.3 is 0 Å².